The van der Waals surface area contributed by atoms with Crippen molar-refractivity contribution in [3.63, 3.8) is 0 Å². The number of nitrogens with zero attached hydrogens (tertiary/aromatic N) is 2. The molecule has 1 aromatic heterocycles. The minimum Gasteiger partial charge on any atom is -0.481 e. The van der Waals surface area contributed by atoms with Crippen molar-refractivity contribution in [3.8, 4) is 0 Å². The van der Waals surface area contributed by atoms with Crippen molar-refractivity contribution in [2.24, 2.45) is 5.73 Å². The first-order chi connectivity index (χ1) is 6.52. The van der Waals surface area contributed by atoms with Crippen molar-refractivity contribution in [2.45, 2.75) is 32.4 Å². The van der Waals surface area contributed by atoms with Gasteiger partial charge in [0.2, 0.25) is 0 Å². The smallest absolute Gasteiger partial charge is 0.305 e. The van der Waals surface area contributed by atoms with Crippen molar-refractivity contribution in [2.75, 3.05) is 0 Å². The van der Waals surface area contributed by atoms with Gasteiger partial charge in [0, 0.05) is 12.2 Å². The standard InChI is InChI=1S/C9H15N3O2/c1-6(2)12-5-11-4-8(12)7(10)3-9(13)14/h4-7H,3,10H2,1-2H3,(H,13,14)/t7-/m0/s1. The minimum absolute atomic E-state index is 0.0710. The maximum atomic E-state index is 10.5. The molecule has 5 heteroatoms. The summed E-state index contributed by atoms with van der Waals surface area (Å²) in [6, 6.07) is -0.246. The lowest BCUT2D eigenvalue weighted by Crippen LogP contribution is -2.19. The Balaban J connectivity index is 2.83. The van der Waals surface area contributed by atoms with Crippen LogP contribution in [0.3, 0.4) is 0 Å². The molecule has 0 amide bonds. The van der Waals surface area contributed by atoms with E-state index < -0.39 is 12.0 Å². The van der Waals surface area contributed by atoms with Gasteiger partial charge in [0.15, 0.2) is 0 Å². The second-order valence-corrected chi connectivity index (χ2v) is 3.52. The summed E-state index contributed by atoms with van der Waals surface area (Å²) < 4.78 is 1.88. The quantitative estimate of drug-likeness (QED) is 0.752. The maximum absolute atomic E-state index is 10.5. The number of carbonyl (C=O) groups is 1. The lowest BCUT2D eigenvalue weighted by atomic mass is 10.1. The Bertz CT molecular complexity index is 320. The fourth-order valence-corrected chi connectivity index (χ4v) is 1.33. The average molecular weight is 197 g/mol. The van der Waals surface area contributed by atoms with Gasteiger partial charge in [-0.25, -0.2) is 4.98 Å². The van der Waals surface area contributed by atoms with Crippen LogP contribution in [-0.2, 0) is 4.79 Å². The third-order valence-corrected chi connectivity index (χ3v) is 2.03. The van der Waals surface area contributed by atoms with Crippen LogP contribution in [0.5, 0.6) is 0 Å². The Morgan fingerprint density at radius 1 is 1.71 bits per heavy atom. The summed E-state index contributed by atoms with van der Waals surface area (Å²) >= 11 is 0. The number of nitrogens with two attached hydrogens (primary N) is 1. The van der Waals surface area contributed by atoms with Gasteiger partial charge in [-0.2, -0.15) is 0 Å². The first-order valence-electron chi connectivity index (χ1n) is 4.51. The van der Waals surface area contributed by atoms with Crippen LogP contribution in [0, 0.1) is 0 Å². The van der Waals surface area contributed by atoms with Gasteiger partial charge >= 0.3 is 5.97 Å². The van der Waals surface area contributed by atoms with Crippen LogP contribution in [0.25, 0.3) is 0 Å². The fourth-order valence-electron chi connectivity index (χ4n) is 1.33. The van der Waals surface area contributed by atoms with Crippen molar-refractivity contribution >= 4 is 5.97 Å². The molecule has 1 rings (SSSR count). The third-order valence-electron chi connectivity index (χ3n) is 2.03. The second kappa shape index (κ2) is 4.23. The highest BCUT2D eigenvalue weighted by atomic mass is 16.4. The average Bonchev–Trinajstić information content (AvgIpc) is 2.49. The van der Waals surface area contributed by atoms with Crippen LogP contribution in [-0.4, -0.2) is 20.6 Å². The van der Waals surface area contributed by atoms with Gasteiger partial charge in [-0.05, 0) is 13.8 Å². The third kappa shape index (κ3) is 2.32. The number of aromatic nitrogens is 2. The number of aliphatic carboxylic acids is 1. The summed E-state index contributed by atoms with van der Waals surface area (Å²) in [6.07, 6.45) is 3.22. The molecular weight excluding hydrogens is 182 g/mol. The SMILES string of the molecule is CC(C)n1cncc1[C@@H](N)CC(=O)O. The van der Waals surface area contributed by atoms with Crippen molar-refractivity contribution in [1.29, 1.82) is 0 Å². The molecule has 0 saturated heterocycles. The summed E-state index contributed by atoms with van der Waals surface area (Å²) in [5.74, 6) is -0.894. The molecule has 1 atom stereocenters. The Morgan fingerprint density at radius 3 is 2.86 bits per heavy atom. The van der Waals surface area contributed by atoms with Gasteiger partial charge in [-0.3, -0.25) is 4.79 Å². The molecular formula is C9H15N3O2. The first-order valence-corrected chi connectivity index (χ1v) is 4.51. The van der Waals surface area contributed by atoms with Crippen LogP contribution in [0.2, 0.25) is 0 Å². The molecule has 1 aromatic rings. The topological polar surface area (TPSA) is 81.1 Å². The molecule has 5 nitrogen and oxygen atoms in total. The lowest BCUT2D eigenvalue weighted by molar-refractivity contribution is -0.137. The number of hydrogen-bond acceptors (Lipinski definition) is 3. The number of imidazole rings is 1. The largest absolute Gasteiger partial charge is 0.481 e. The highest BCUT2D eigenvalue weighted by molar-refractivity contribution is 5.67. The first kappa shape index (κ1) is 10.7. The number of hydrogen-bond donors (Lipinski definition) is 2. The molecule has 14 heavy (non-hydrogen) atoms. The molecule has 0 saturated carbocycles. The zero-order chi connectivity index (χ0) is 10.7. The predicted molar refractivity (Wildman–Crippen MR) is 51.8 cm³/mol. The van der Waals surface area contributed by atoms with Crippen LogP contribution in [0.15, 0.2) is 12.5 Å². The van der Waals surface area contributed by atoms with Crippen molar-refractivity contribution in [1.82, 2.24) is 9.55 Å². The molecule has 0 spiro atoms. The van der Waals surface area contributed by atoms with E-state index in [0.29, 0.717) is 0 Å². The number of carboxylic acid groups (broad SMARTS) is 1. The zero-order valence-corrected chi connectivity index (χ0v) is 8.34. The molecule has 0 aliphatic carbocycles. The Morgan fingerprint density at radius 2 is 2.36 bits per heavy atom. The molecule has 0 fully saturated rings. The summed E-state index contributed by atoms with van der Waals surface area (Å²) in [7, 11) is 0. The second-order valence-electron chi connectivity index (χ2n) is 3.52. The predicted octanol–water partition coefficient (Wildman–Crippen LogP) is 0.938. The Kier molecular flexibility index (Phi) is 3.24. The van der Waals surface area contributed by atoms with E-state index in [2.05, 4.69) is 4.98 Å². The molecule has 0 radical (unpaired) electrons. The van der Waals surface area contributed by atoms with Gasteiger partial charge in [0.25, 0.3) is 0 Å². The zero-order valence-electron chi connectivity index (χ0n) is 8.34. The van der Waals surface area contributed by atoms with Crippen molar-refractivity contribution in [3.05, 3.63) is 18.2 Å². The molecule has 78 valence electrons. The summed E-state index contributed by atoms with van der Waals surface area (Å²) in [5.41, 5.74) is 6.50. The molecule has 0 unspecified atom stereocenters. The fraction of sp³-hybridized carbons (Fsp3) is 0.556. The van der Waals surface area contributed by atoms with E-state index in [1.165, 1.54) is 0 Å². The molecule has 0 aliphatic rings. The monoisotopic (exact) mass is 197 g/mol. The minimum atomic E-state index is -0.894. The highest BCUT2D eigenvalue weighted by Gasteiger charge is 2.15. The molecule has 0 aliphatic heterocycles. The summed E-state index contributed by atoms with van der Waals surface area (Å²) in [4.78, 5) is 14.4. The molecule has 1 heterocycles. The van der Waals surface area contributed by atoms with E-state index in [-0.39, 0.29) is 12.5 Å². The van der Waals surface area contributed by atoms with E-state index in [9.17, 15) is 4.79 Å². The lowest BCUT2D eigenvalue weighted by Gasteiger charge is -2.15. The number of carboxylic acids is 1. The Labute approximate surface area is 82.6 Å². The van der Waals surface area contributed by atoms with Gasteiger partial charge in [0.1, 0.15) is 0 Å². The van der Waals surface area contributed by atoms with Crippen LogP contribution in [0.1, 0.15) is 38.0 Å². The van der Waals surface area contributed by atoms with Crippen molar-refractivity contribution < 1.29 is 9.90 Å². The maximum Gasteiger partial charge on any atom is 0.305 e. The molecule has 0 aromatic carbocycles. The Hall–Kier alpha value is -1.36. The van der Waals surface area contributed by atoms with E-state index in [1.54, 1.807) is 12.5 Å². The van der Waals surface area contributed by atoms with E-state index >= 15 is 0 Å². The van der Waals surface area contributed by atoms with Gasteiger partial charge < -0.3 is 15.4 Å². The van der Waals surface area contributed by atoms with E-state index in [0.717, 1.165) is 5.69 Å². The van der Waals surface area contributed by atoms with Gasteiger partial charge in [-0.15, -0.1) is 0 Å². The van der Waals surface area contributed by atoms with Crippen LogP contribution < -0.4 is 5.73 Å². The van der Waals surface area contributed by atoms with Gasteiger partial charge in [-0.1, -0.05) is 0 Å². The molecule has 3 N–H and O–H groups in total. The normalized spacial score (nSPS) is 13.1. The van der Waals surface area contributed by atoms with Gasteiger partial charge in [0.05, 0.1) is 24.5 Å². The summed E-state index contributed by atoms with van der Waals surface area (Å²) in [6.45, 7) is 4.00. The number of rotatable bonds is 4. The van der Waals surface area contributed by atoms with E-state index in [4.69, 9.17) is 10.8 Å². The van der Waals surface area contributed by atoms with E-state index in [1.807, 2.05) is 18.4 Å². The highest BCUT2D eigenvalue weighted by Crippen LogP contribution is 2.17. The van der Waals surface area contributed by atoms with Crippen LogP contribution in [0.4, 0.5) is 0 Å². The summed E-state index contributed by atoms with van der Waals surface area (Å²) in [5, 5.41) is 8.60. The molecule has 0 bridgehead atoms. The van der Waals surface area contributed by atoms with Crippen LogP contribution >= 0.6 is 0 Å².